The van der Waals surface area contributed by atoms with E-state index in [2.05, 4.69) is 13.1 Å². The minimum atomic E-state index is -1.61. The van der Waals surface area contributed by atoms with Gasteiger partial charge < -0.3 is 13.9 Å². The average molecular weight is 290 g/mol. The first-order valence-electron chi connectivity index (χ1n) is 6.86. The van der Waals surface area contributed by atoms with E-state index in [1.807, 2.05) is 6.92 Å². The quantitative estimate of drug-likeness (QED) is 0.457. The minimum absolute atomic E-state index is 0.101. The molecule has 0 atom stereocenters. The van der Waals surface area contributed by atoms with Crippen LogP contribution in [0.5, 0.6) is 0 Å². The number of esters is 2. The number of rotatable bonds is 10. The van der Waals surface area contributed by atoms with Crippen molar-refractivity contribution in [1.82, 2.24) is 0 Å². The van der Waals surface area contributed by atoms with Crippen molar-refractivity contribution in [1.29, 1.82) is 0 Å². The van der Waals surface area contributed by atoms with E-state index in [-0.39, 0.29) is 25.0 Å². The van der Waals surface area contributed by atoms with E-state index < -0.39 is 8.32 Å². The molecule has 0 radical (unpaired) electrons. The van der Waals surface area contributed by atoms with Crippen LogP contribution in [0.25, 0.3) is 0 Å². The fraction of sp³-hybridized carbons (Fsp3) is 0.846. The monoisotopic (exact) mass is 290 g/mol. The van der Waals surface area contributed by atoms with Gasteiger partial charge in [-0.05, 0) is 39.4 Å². The number of carbonyl (C=O) groups excluding carboxylic acids is 2. The number of carbonyl (C=O) groups is 2. The highest BCUT2D eigenvalue weighted by Crippen LogP contribution is 2.15. The van der Waals surface area contributed by atoms with Crippen molar-refractivity contribution in [2.45, 2.75) is 52.2 Å². The lowest BCUT2D eigenvalue weighted by Crippen LogP contribution is -2.30. The van der Waals surface area contributed by atoms with Crippen molar-refractivity contribution in [3.8, 4) is 0 Å². The normalized spacial score (nSPS) is 11.2. The van der Waals surface area contributed by atoms with E-state index in [4.69, 9.17) is 13.9 Å². The van der Waals surface area contributed by atoms with Gasteiger partial charge in [0.15, 0.2) is 8.32 Å². The molecule has 6 heteroatoms. The first-order chi connectivity index (χ1) is 8.91. The van der Waals surface area contributed by atoms with E-state index in [0.29, 0.717) is 13.0 Å². The van der Waals surface area contributed by atoms with Gasteiger partial charge in [-0.15, -0.1) is 0 Å². The summed E-state index contributed by atoms with van der Waals surface area (Å²) in [5.74, 6) is -0.592. The molecule has 0 heterocycles. The maximum absolute atomic E-state index is 11.4. The summed E-state index contributed by atoms with van der Waals surface area (Å²) in [6, 6.07) is 0.938. The van der Waals surface area contributed by atoms with Crippen LogP contribution in [0.15, 0.2) is 0 Å². The lowest BCUT2D eigenvalue weighted by atomic mass is 10.3. The largest absolute Gasteiger partial charge is 0.466 e. The van der Waals surface area contributed by atoms with Crippen LogP contribution in [0.4, 0.5) is 0 Å². The summed E-state index contributed by atoms with van der Waals surface area (Å²) in [5.41, 5.74) is 0. The van der Waals surface area contributed by atoms with Crippen LogP contribution in [-0.2, 0) is 23.5 Å². The predicted molar refractivity (Wildman–Crippen MR) is 75.4 cm³/mol. The van der Waals surface area contributed by atoms with Crippen LogP contribution >= 0.6 is 0 Å². The molecule has 0 aromatic rings. The SMILES string of the molecule is CCOC(=O)CCOC(=O)CCC[Si](C)(C)OCC. The van der Waals surface area contributed by atoms with Crippen LogP contribution < -0.4 is 0 Å². The molecule has 0 saturated heterocycles. The Morgan fingerprint density at radius 1 is 0.947 bits per heavy atom. The van der Waals surface area contributed by atoms with Gasteiger partial charge in [0, 0.05) is 13.0 Å². The van der Waals surface area contributed by atoms with Crippen molar-refractivity contribution in [2.24, 2.45) is 0 Å². The summed E-state index contributed by atoms with van der Waals surface area (Å²) in [6.45, 7) is 9.19. The topological polar surface area (TPSA) is 61.8 Å². The highest BCUT2D eigenvalue weighted by Gasteiger charge is 2.21. The van der Waals surface area contributed by atoms with Crippen molar-refractivity contribution in [2.75, 3.05) is 19.8 Å². The smallest absolute Gasteiger partial charge is 0.309 e. The van der Waals surface area contributed by atoms with Crippen LogP contribution in [0.1, 0.15) is 33.1 Å². The number of ether oxygens (including phenoxy) is 2. The zero-order valence-electron chi connectivity index (χ0n) is 12.5. The summed E-state index contributed by atoms with van der Waals surface area (Å²) in [6.07, 6.45) is 1.28. The second-order valence-electron chi connectivity index (χ2n) is 4.82. The fourth-order valence-electron chi connectivity index (χ4n) is 1.67. The Morgan fingerprint density at radius 3 is 2.16 bits per heavy atom. The van der Waals surface area contributed by atoms with E-state index in [1.165, 1.54) is 0 Å². The van der Waals surface area contributed by atoms with Gasteiger partial charge >= 0.3 is 11.9 Å². The summed E-state index contributed by atoms with van der Waals surface area (Å²) in [4.78, 5) is 22.4. The second-order valence-corrected chi connectivity index (χ2v) is 9.13. The Balaban J connectivity index is 3.62. The highest BCUT2D eigenvalue weighted by atomic mass is 28.4. The van der Waals surface area contributed by atoms with E-state index in [1.54, 1.807) is 6.92 Å². The Bertz CT molecular complexity index is 278. The van der Waals surface area contributed by atoms with Gasteiger partial charge in [0.1, 0.15) is 6.61 Å². The van der Waals surface area contributed by atoms with Crippen LogP contribution in [0, 0.1) is 0 Å². The van der Waals surface area contributed by atoms with Gasteiger partial charge in [0.2, 0.25) is 0 Å². The molecule has 0 aliphatic carbocycles. The molecule has 0 aromatic heterocycles. The number of hydrogen-bond acceptors (Lipinski definition) is 5. The van der Waals surface area contributed by atoms with Crippen molar-refractivity contribution < 1.29 is 23.5 Å². The lowest BCUT2D eigenvalue weighted by molar-refractivity contribution is -0.149. The average Bonchev–Trinajstić information content (AvgIpc) is 2.28. The molecule has 0 N–H and O–H groups in total. The molecule has 0 aliphatic heterocycles. The molecule has 0 unspecified atom stereocenters. The third-order valence-electron chi connectivity index (χ3n) is 2.57. The highest BCUT2D eigenvalue weighted by molar-refractivity contribution is 6.71. The molecule has 0 amide bonds. The molecule has 112 valence electrons. The van der Waals surface area contributed by atoms with Crippen molar-refractivity contribution >= 4 is 20.3 Å². The molecule has 0 fully saturated rings. The summed E-state index contributed by atoms with van der Waals surface area (Å²) >= 11 is 0. The molecule has 5 nitrogen and oxygen atoms in total. The van der Waals surface area contributed by atoms with Crippen molar-refractivity contribution in [3.05, 3.63) is 0 Å². The maximum atomic E-state index is 11.4. The second kappa shape index (κ2) is 9.97. The summed E-state index contributed by atoms with van der Waals surface area (Å²) < 4.78 is 15.4. The zero-order valence-corrected chi connectivity index (χ0v) is 13.5. The number of hydrogen-bond donors (Lipinski definition) is 0. The van der Waals surface area contributed by atoms with Gasteiger partial charge in [-0.25, -0.2) is 0 Å². The first-order valence-corrected chi connectivity index (χ1v) is 9.98. The Labute approximate surface area is 116 Å². The summed E-state index contributed by atoms with van der Waals surface area (Å²) in [7, 11) is -1.61. The molecular formula is C13H26O5Si. The van der Waals surface area contributed by atoms with Crippen LogP contribution in [0.3, 0.4) is 0 Å². The van der Waals surface area contributed by atoms with Crippen LogP contribution in [0.2, 0.25) is 19.1 Å². The molecule has 0 saturated carbocycles. The molecule has 19 heavy (non-hydrogen) atoms. The van der Waals surface area contributed by atoms with Gasteiger partial charge in [0.25, 0.3) is 0 Å². The van der Waals surface area contributed by atoms with Gasteiger partial charge in [-0.1, -0.05) is 0 Å². The summed E-state index contributed by atoms with van der Waals surface area (Å²) in [5, 5.41) is 0. The molecule has 0 rings (SSSR count). The van der Waals surface area contributed by atoms with Gasteiger partial charge in [0.05, 0.1) is 13.0 Å². The molecule has 0 bridgehead atoms. The van der Waals surface area contributed by atoms with Crippen LogP contribution in [-0.4, -0.2) is 40.1 Å². The van der Waals surface area contributed by atoms with Gasteiger partial charge in [-0.2, -0.15) is 0 Å². The fourth-order valence-corrected chi connectivity index (χ4v) is 3.63. The Kier molecular flexibility index (Phi) is 9.51. The predicted octanol–water partition coefficient (Wildman–Crippen LogP) is 2.50. The molecular weight excluding hydrogens is 264 g/mol. The first kappa shape index (κ1) is 18.1. The zero-order chi connectivity index (χ0) is 14.7. The lowest BCUT2D eigenvalue weighted by Gasteiger charge is -2.21. The minimum Gasteiger partial charge on any atom is -0.466 e. The Morgan fingerprint density at radius 2 is 1.58 bits per heavy atom. The molecule has 0 aliphatic rings. The molecule has 0 aromatic carbocycles. The Hall–Kier alpha value is -0.883. The standard InChI is InChI=1S/C13H26O5Si/c1-5-16-13(15)9-10-17-12(14)8-7-11-19(3,4)18-6-2/h5-11H2,1-4H3. The van der Waals surface area contributed by atoms with Gasteiger partial charge in [-0.3, -0.25) is 9.59 Å². The van der Waals surface area contributed by atoms with E-state index in [0.717, 1.165) is 19.1 Å². The third kappa shape index (κ3) is 10.7. The maximum Gasteiger partial charge on any atom is 0.309 e. The third-order valence-corrected chi connectivity index (χ3v) is 5.20. The van der Waals surface area contributed by atoms with E-state index in [9.17, 15) is 9.59 Å². The van der Waals surface area contributed by atoms with Crippen molar-refractivity contribution in [3.63, 3.8) is 0 Å². The molecule has 0 spiro atoms. The van der Waals surface area contributed by atoms with E-state index >= 15 is 0 Å².